The zero-order chi connectivity index (χ0) is 39.5. The maximum atomic E-state index is 15.1. The molecule has 3 heterocycles. The number of hydrogen-bond donors (Lipinski definition) is 1. The Morgan fingerprint density at radius 2 is 1.62 bits per heavy atom. The van der Waals surface area contributed by atoms with E-state index in [1.54, 1.807) is 48.4 Å². The topological polar surface area (TPSA) is 120 Å². The van der Waals surface area contributed by atoms with Gasteiger partial charge in [-0.25, -0.2) is 0 Å². The minimum atomic E-state index is -0.260. The van der Waals surface area contributed by atoms with Crippen molar-refractivity contribution >= 4 is 17.5 Å². The van der Waals surface area contributed by atoms with Crippen LogP contribution in [0.25, 0.3) is 11.3 Å². The monoisotopic (exact) mass is 753 g/mol. The smallest absolute Gasteiger partial charge is 0.260 e. The highest BCUT2D eigenvalue weighted by molar-refractivity contribution is 6.08. The van der Waals surface area contributed by atoms with Crippen molar-refractivity contribution in [2.75, 3.05) is 52.0 Å². The fourth-order valence-corrected chi connectivity index (χ4v) is 7.90. The van der Waals surface area contributed by atoms with Crippen molar-refractivity contribution in [2.45, 2.75) is 39.4 Å². The summed E-state index contributed by atoms with van der Waals surface area (Å²) < 4.78 is 18.8. The number of nitriles is 1. The number of rotatable bonds is 10. The number of morpholine rings is 1. The van der Waals surface area contributed by atoms with E-state index < -0.39 is 0 Å². The van der Waals surface area contributed by atoms with Gasteiger partial charge in [0, 0.05) is 61.9 Å². The number of hydrogen-bond acceptors (Lipinski definition) is 8. The Balaban J connectivity index is 1.31. The molecule has 0 saturated carbocycles. The number of phenolic OH excluding ortho intramolecular Hbond substituents is 1. The molecule has 0 bridgehead atoms. The summed E-state index contributed by atoms with van der Waals surface area (Å²) in [6.45, 7) is 8.11. The van der Waals surface area contributed by atoms with Crippen LogP contribution in [-0.4, -0.2) is 84.4 Å². The van der Waals surface area contributed by atoms with Crippen molar-refractivity contribution in [1.29, 1.82) is 5.26 Å². The Labute approximate surface area is 327 Å². The summed E-state index contributed by atoms with van der Waals surface area (Å²) >= 11 is 0. The fourth-order valence-electron chi connectivity index (χ4n) is 7.90. The Bertz CT molecular complexity index is 2300. The number of benzene rings is 4. The summed E-state index contributed by atoms with van der Waals surface area (Å²) in [6, 6.07) is 27.8. The maximum Gasteiger partial charge on any atom is 0.260 e. The molecule has 1 fully saturated rings. The molecule has 1 aromatic heterocycles. The third-order valence-corrected chi connectivity index (χ3v) is 11.3. The van der Waals surface area contributed by atoms with E-state index in [4.69, 9.17) is 14.2 Å². The van der Waals surface area contributed by atoms with E-state index in [-0.39, 0.29) is 35.7 Å². The number of aromatic nitrogens is 1. The number of carbonyl (C=O) groups is 2. The minimum absolute atomic E-state index is 0.0909. The zero-order valence-corrected chi connectivity index (χ0v) is 32.5. The molecule has 1 atom stereocenters. The normalized spacial score (nSPS) is 15.5. The van der Waals surface area contributed by atoms with Gasteiger partial charge in [0.15, 0.2) is 0 Å². The summed E-state index contributed by atoms with van der Waals surface area (Å²) in [5.74, 6) is 0.684. The molecule has 11 nitrogen and oxygen atoms in total. The molecule has 0 spiro atoms. The van der Waals surface area contributed by atoms with Gasteiger partial charge >= 0.3 is 0 Å². The van der Waals surface area contributed by atoms with Crippen LogP contribution in [-0.2, 0) is 31.3 Å². The van der Waals surface area contributed by atoms with Crippen molar-refractivity contribution in [3.05, 3.63) is 130 Å². The van der Waals surface area contributed by atoms with Crippen molar-refractivity contribution < 1.29 is 28.9 Å². The second-order valence-corrected chi connectivity index (χ2v) is 14.4. The van der Waals surface area contributed by atoms with Crippen LogP contribution in [0.2, 0.25) is 0 Å². The van der Waals surface area contributed by atoms with Gasteiger partial charge in [0.25, 0.3) is 11.8 Å². The number of ether oxygens (including phenoxy) is 3. The Morgan fingerprint density at radius 3 is 2.32 bits per heavy atom. The molecule has 288 valence electrons. The number of aromatic hydroxyl groups is 1. The van der Waals surface area contributed by atoms with Crippen LogP contribution in [0.5, 0.6) is 17.2 Å². The van der Waals surface area contributed by atoms with E-state index >= 15 is 4.79 Å². The first kappa shape index (κ1) is 38.2. The van der Waals surface area contributed by atoms with Gasteiger partial charge in [-0.05, 0) is 91.1 Å². The maximum absolute atomic E-state index is 15.1. The summed E-state index contributed by atoms with van der Waals surface area (Å²) in [7, 11) is 4.99. The first-order valence-corrected chi connectivity index (χ1v) is 18.8. The minimum Gasteiger partial charge on any atom is -0.508 e. The standard InChI is InChI=1S/C45H47N5O6/c1-29-32(11-8-12-42(29)54-4)26-49(35-13-15-37(51)16-14-35)44(52)38-23-41(47(3)30(38)2)39-24-43(55-5)34(25-46)22-40(39)45(53)50-27-33-10-7-6-9-31(33)21-36(50)28-48-17-19-56-20-18-48/h6-16,22-24,36,51H,17-21,26-28H2,1-5H3/t36-/m0/s1. The lowest BCUT2D eigenvalue weighted by Gasteiger charge is -2.40. The average molecular weight is 754 g/mol. The third kappa shape index (κ3) is 7.46. The van der Waals surface area contributed by atoms with Crippen LogP contribution >= 0.6 is 0 Å². The van der Waals surface area contributed by atoms with E-state index in [1.165, 1.54) is 12.7 Å². The number of methoxy groups -OCH3 is 2. The Kier molecular flexibility index (Phi) is 11.1. The third-order valence-electron chi connectivity index (χ3n) is 11.3. The molecule has 1 saturated heterocycles. The Morgan fingerprint density at radius 1 is 0.911 bits per heavy atom. The molecule has 0 radical (unpaired) electrons. The summed E-state index contributed by atoms with van der Waals surface area (Å²) in [5.41, 5.74) is 7.66. The molecule has 2 aliphatic rings. The van der Waals surface area contributed by atoms with Gasteiger partial charge < -0.3 is 33.7 Å². The number of fused-ring (bicyclic) bond motifs is 1. The highest BCUT2D eigenvalue weighted by atomic mass is 16.5. The Hall–Kier alpha value is -6.09. The van der Waals surface area contributed by atoms with Crippen LogP contribution in [0.1, 0.15) is 54.2 Å². The number of phenols is 1. The first-order valence-electron chi connectivity index (χ1n) is 18.8. The number of anilines is 1. The summed E-state index contributed by atoms with van der Waals surface area (Å²) in [5, 5.41) is 20.3. The van der Waals surface area contributed by atoms with Crippen molar-refractivity contribution in [3.63, 3.8) is 0 Å². The van der Waals surface area contributed by atoms with Crippen LogP contribution < -0.4 is 14.4 Å². The predicted molar refractivity (Wildman–Crippen MR) is 214 cm³/mol. The van der Waals surface area contributed by atoms with Crippen molar-refractivity contribution in [1.82, 2.24) is 14.4 Å². The lowest BCUT2D eigenvalue weighted by Crippen LogP contribution is -2.52. The number of nitrogens with zero attached hydrogens (tertiary/aromatic N) is 5. The molecule has 7 rings (SSSR count). The molecule has 0 unspecified atom stereocenters. The van der Waals surface area contributed by atoms with Gasteiger partial charge in [-0.15, -0.1) is 0 Å². The van der Waals surface area contributed by atoms with E-state index in [2.05, 4.69) is 23.1 Å². The van der Waals surface area contributed by atoms with Gasteiger partial charge in [0.05, 0.1) is 50.7 Å². The van der Waals surface area contributed by atoms with Gasteiger partial charge in [0.1, 0.15) is 23.3 Å². The molecular formula is C45H47N5O6. The molecule has 0 aliphatic carbocycles. The molecular weight excluding hydrogens is 707 g/mol. The lowest BCUT2D eigenvalue weighted by molar-refractivity contribution is 0.0193. The molecule has 11 heteroatoms. The second kappa shape index (κ2) is 16.3. The highest BCUT2D eigenvalue weighted by Gasteiger charge is 2.35. The zero-order valence-electron chi connectivity index (χ0n) is 32.5. The molecule has 4 aromatic carbocycles. The predicted octanol–water partition coefficient (Wildman–Crippen LogP) is 6.65. The van der Waals surface area contributed by atoms with Gasteiger partial charge in [0.2, 0.25) is 0 Å². The molecule has 5 aromatic rings. The van der Waals surface area contributed by atoms with Gasteiger partial charge in [-0.1, -0.05) is 36.4 Å². The highest BCUT2D eigenvalue weighted by Crippen LogP contribution is 2.37. The quantitative estimate of drug-likeness (QED) is 0.169. The van der Waals surface area contributed by atoms with Gasteiger partial charge in [-0.3, -0.25) is 14.5 Å². The molecule has 56 heavy (non-hydrogen) atoms. The van der Waals surface area contributed by atoms with E-state index in [0.29, 0.717) is 72.2 Å². The summed E-state index contributed by atoms with van der Waals surface area (Å²) in [6.07, 6.45) is 0.706. The van der Waals surface area contributed by atoms with E-state index in [9.17, 15) is 15.2 Å². The van der Waals surface area contributed by atoms with Crippen LogP contribution in [0.4, 0.5) is 5.69 Å². The molecule has 1 N–H and O–H groups in total. The SMILES string of the molecule is COc1cc(-c2cc(C(=O)N(Cc3cccc(OC)c3C)c3ccc(O)cc3)c(C)n2C)c(C(=O)N2Cc3ccccc3C[C@H]2CN2CCOCC2)cc1C#N. The summed E-state index contributed by atoms with van der Waals surface area (Å²) in [4.78, 5) is 35.9. The van der Waals surface area contributed by atoms with Crippen LogP contribution in [0, 0.1) is 25.2 Å². The lowest BCUT2D eigenvalue weighted by atomic mass is 9.91. The van der Waals surface area contributed by atoms with Crippen LogP contribution in [0.3, 0.4) is 0 Å². The van der Waals surface area contributed by atoms with Crippen molar-refractivity contribution in [2.24, 2.45) is 7.05 Å². The van der Waals surface area contributed by atoms with Crippen LogP contribution in [0.15, 0.2) is 84.9 Å². The number of carbonyl (C=O) groups excluding carboxylic acids is 2. The average Bonchev–Trinajstić information content (AvgIpc) is 3.52. The molecule has 2 aliphatic heterocycles. The fraction of sp³-hybridized carbons (Fsp3) is 0.311. The second-order valence-electron chi connectivity index (χ2n) is 14.4. The van der Waals surface area contributed by atoms with Crippen molar-refractivity contribution in [3.8, 4) is 34.6 Å². The number of amides is 2. The molecule has 2 amide bonds. The first-order chi connectivity index (χ1) is 27.1. The largest absolute Gasteiger partial charge is 0.508 e. The van der Waals surface area contributed by atoms with Gasteiger partial charge in [-0.2, -0.15) is 5.26 Å². The van der Waals surface area contributed by atoms with E-state index in [1.807, 2.05) is 66.8 Å². The van der Waals surface area contributed by atoms with E-state index in [0.717, 1.165) is 35.5 Å².